The lowest BCUT2D eigenvalue weighted by atomic mass is 10.3. The van der Waals surface area contributed by atoms with Gasteiger partial charge < -0.3 is 10.2 Å². The summed E-state index contributed by atoms with van der Waals surface area (Å²) in [5.41, 5.74) is 0.663. The second-order valence-electron chi connectivity index (χ2n) is 2.46. The standard InChI is InChI=1S/C9H10ClNO2/c10-9-8(13)5-4-7(11-9)3-1-2-6-12/h1,3-5,12-13H,2,6H2. The van der Waals surface area contributed by atoms with Crippen LogP contribution >= 0.6 is 11.6 Å². The van der Waals surface area contributed by atoms with E-state index in [0.29, 0.717) is 12.1 Å². The smallest absolute Gasteiger partial charge is 0.171 e. The molecule has 3 nitrogen and oxygen atoms in total. The topological polar surface area (TPSA) is 53.4 Å². The first-order valence-electron chi connectivity index (χ1n) is 3.87. The Kier molecular flexibility index (Phi) is 3.73. The number of hydrogen-bond acceptors (Lipinski definition) is 3. The molecule has 70 valence electrons. The van der Waals surface area contributed by atoms with Gasteiger partial charge in [-0.25, -0.2) is 4.98 Å². The Hall–Kier alpha value is -1.06. The van der Waals surface area contributed by atoms with E-state index in [1.165, 1.54) is 6.07 Å². The van der Waals surface area contributed by atoms with E-state index in [0.717, 1.165) is 0 Å². The van der Waals surface area contributed by atoms with Crippen molar-refractivity contribution < 1.29 is 10.2 Å². The molecular weight excluding hydrogens is 190 g/mol. The number of aliphatic hydroxyl groups is 1. The van der Waals surface area contributed by atoms with Crippen LogP contribution in [0.2, 0.25) is 5.15 Å². The summed E-state index contributed by atoms with van der Waals surface area (Å²) in [5, 5.41) is 17.7. The molecule has 0 atom stereocenters. The lowest BCUT2D eigenvalue weighted by Gasteiger charge is -1.96. The van der Waals surface area contributed by atoms with Crippen molar-refractivity contribution in [3.8, 4) is 5.75 Å². The van der Waals surface area contributed by atoms with Gasteiger partial charge in [-0.15, -0.1) is 0 Å². The number of aromatic nitrogens is 1. The van der Waals surface area contributed by atoms with Gasteiger partial charge in [0.15, 0.2) is 10.9 Å². The minimum Gasteiger partial charge on any atom is -0.505 e. The van der Waals surface area contributed by atoms with Crippen molar-refractivity contribution in [2.24, 2.45) is 0 Å². The van der Waals surface area contributed by atoms with Crippen LogP contribution < -0.4 is 0 Å². The molecule has 2 N–H and O–H groups in total. The van der Waals surface area contributed by atoms with Gasteiger partial charge in [0.25, 0.3) is 0 Å². The molecule has 0 aromatic carbocycles. The summed E-state index contributed by atoms with van der Waals surface area (Å²) < 4.78 is 0. The molecule has 0 aliphatic carbocycles. The van der Waals surface area contributed by atoms with E-state index in [1.807, 2.05) is 0 Å². The molecule has 0 saturated heterocycles. The van der Waals surface area contributed by atoms with Gasteiger partial charge in [0.1, 0.15) is 0 Å². The molecular formula is C9H10ClNO2. The molecule has 4 heteroatoms. The maximum absolute atomic E-state index is 9.06. The third-order valence-electron chi connectivity index (χ3n) is 1.43. The highest BCUT2D eigenvalue weighted by Crippen LogP contribution is 2.20. The molecule has 0 radical (unpaired) electrons. The van der Waals surface area contributed by atoms with Crippen molar-refractivity contribution in [3.05, 3.63) is 29.1 Å². The van der Waals surface area contributed by atoms with Crippen LogP contribution in [-0.4, -0.2) is 21.8 Å². The molecule has 0 aliphatic rings. The lowest BCUT2D eigenvalue weighted by Crippen LogP contribution is -1.82. The number of nitrogens with zero attached hydrogens (tertiary/aromatic N) is 1. The molecule has 0 bridgehead atoms. The van der Waals surface area contributed by atoms with Gasteiger partial charge in [-0.3, -0.25) is 0 Å². The van der Waals surface area contributed by atoms with Gasteiger partial charge in [-0.1, -0.05) is 17.7 Å². The van der Waals surface area contributed by atoms with E-state index in [2.05, 4.69) is 4.98 Å². The molecule has 13 heavy (non-hydrogen) atoms. The van der Waals surface area contributed by atoms with Gasteiger partial charge in [0.05, 0.1) is 5.69 Å². The van der Waals surface area contributed by atoms with Gasteiger partial charge in [-0.05, 0) is 24.6 Å². The van der Waals surface area contributed by atoms with Crippen molar-refractivity contribution in [1.29, 1.82) is 0 Å². The summed E-state index contributed by atoms with van der Waals surface area (Å²) in [6, 6.07) is 3.13. The maximum Gasteiger partial charge on any atom is 0.171 e. The predicted molar refractivity (Wildman–Crippen MR) is 51.6 cm³/mol. The minimum absolute atomic E-state index is 0.0269. The van der Waals surface area contributed by atoms with Crippen molar-refractivity contribution in [1.82, 2.24) is 4.98 Å². The van der Waals surface area contributed by atoms with Crippen molar-refractivity contribution >= 4 is 17.7 Å². The Balaban J connectivity index is 2.73. The lowest BCUT2D eigenvalue weighted by molar-refractivity contribution is 0.303. The highest BCUT2D eigenvalue weighted by atomic mass is 35.5. The first-order valence-corrected chi connectivity index (χ1v) is 4.24. The minimum atomic E-state index is -0.0269. The number of aliphatic hydroxyl groups excluding tert-OH is 1. The monoisotopic (exact) mass is 199 g/mol. The zero-order chi connectivity index (χ0) is 9.68. The SMILES string of the molecule is OCCC=Cc1ccc(O)c(Cl)n1. The summed E-state index contributed by atoms with van der Waals surface area (Å²) in [6.07, 6.45) is 4.11. The van der Waals surface area contributed by atoms with Crippen LogP contribution in [0.1, 0.15) is 12.1 Å². The van der Waals surface area contributed by atoms with Gasteiger partial charge in [0, 0.05) is 6.61 Å². The fraction of sp³-hybridized carbons (Fsp3) is 0.222. The summed E-state index contributed by atoms with van der Waals surface area (Å²) in [7, 11) is 0. The largest absolute Gasteiger partial charge is 0.505 e. The molecule has 0 aliphatic heterocycles. The van der Waals surface area contributed by atoms with E-state index in [-0.39, 0.29) is 17.5 Å². The molecule has 1 heterocycles. The van der Waals surface area contributed by atoms with E-state index in [1.54, 1.807) is 18.2 Å². The number of hydrogen-bond donors (Lipinski definition) is 2. The van der Waals surface area contributed by atoms with E-state index < -0.39 is 0 Å². The quantitative estimate of drug-likeness (QED) is 0.731. The fourth-order valence-corrected chi connectivity index (χ4v) is 0.973. The van der Waals surface area contributed by atoms with Crippen LogP contribution in [0.25, 0.3) is 6.08 Å². The molecule has 0 saturated carbocycles. The Morgan fingerprint density at radius 2 is 2.23 bits per heavy atom. The van der Waals surface area contributed by atoms with Gasteiger partial charge >= 0.3 is 0 Å². The molecule has 0 amide bonds. The highest BCUT2D eigenvalue weighted by molar-refractivity contribution is 6.30. The van der Waals surface area contributed by atoms with Crippen LogP contribution in [0.15, 0.2) is 18.2 Å². The second-order valence-corrected chi connectivity index (χ2v) is 2.82. The van der Waals surface area contributed by atoms with Crippen LogP contribution in [0, 0.1) is 0 Å². The molecule has 1 rings (SSSR count). The number of halogens is 1. The van der Waals surface area contributed by atoms with Gasteiger partial charge in [0.2, 0.25) is 0 Å². The zero-order valence-corrected chi connectivity index (χ0v) is 7.70. The molecule has 0 unspecified atom stereocenters. The predicted octanol–water partition coefficient (Wildman–Crippen LogP) is 1.84. The Morgan fingerprint density at radius 3 is 2.85 bits per heavy atom. The van der Waals surface area contributed by atoms with Gasteiger partial charge in [-0.2, -0.15) is 0 Å². The first-order chi connectivity index (χ1) is 6.24. The van der Waals surface area contributed by atoms with Crippen LogP contribution in [0.3, 0.4) is 0 Å². The Bertz CT molecular complexity index is 312. The maximum atomic E-state index is 9.06. The van der Waals surface area contributed by atoms with Crippen LogP contribution in [0.5, 0.6) is 5.75 Å². The number of aromatic hydroxyl groups is 1. The third kappa shape index (κ3) is 3.05. The average Bonchev–Trinajstić information content (AvgIpc) is 2.12. The van der Waals surface area contributed by atoms with Crippen molar-refractivity contribution in [2.45, 2.75) is 6.42 Å². The van der Waals surface area contributed by atoms with Crippen LogP contribution in [-0.2, 0) is 0 Å². The van der Waals surface area contributed by atoms with E-state index in [9.17, 15) is 0 Å². The second kappa shape index (κ2) is 4.84. The van der Waals surface area contributed by atoms with Crippen LogP contribution in [0.4, 0.5) is 0 Å². The molecule has 1 aromatic rings. The number of pyridine rings is 1. The summed E-state index contributed by atoms with van der Waals surface area (Å²) >= 11 is 5.58. The van der Waals surface area contributed by atoms with E-state index in [4.69, 9.17) is 21.8 Å². The molecule has 0 spiro atoms. The molecule has 0 fully saturated rings. The van der Waals surface area contributed by atoms with Crippen molar-refractivity contribution in [2.75, 3.05) is 6.61 Å². The van der Waals surface area contributed by atoms with E-state index >= 15 is 0 Å². The third-order valence-corrected chi connectivity index (χ3v) is 1.71. The first kappa shape index (κ1) is 10.0. The summed E-state index contributed by atoms with van der Waals surface area (Å²) in [6.45, 7) is 0.113. The fourth-order valence-electron chi connectivity index (χ4n) is 0.812. The summed E-state index contributed by atoms with van der Waals surface area (Å²) in [5.74, 6) is -0.0269. The summed E-state index contributed by atoms with van der Waals surface area (Å²) in [4.78, 5) is 3.89. The number of rotatable bonds is 3. The normalized spacial score (nSPS) is 10.9. The Morgan fingerprint density at radius 1 is 1.46 bits per heavy atom. The highest BCUT2D eigenvalue weighted by Gasteiger charge is 1.98. The Labute approximate surface area is 81.3 Å². The van der Waals surface area contributed by atoms with Crippen molar-refractivity contribution in [3.63, 3.8) is 0 Å². The average molecular weight is 200 g/mol. The zero-order valence-electron chi connectivity index (χ0n) is 6.94. The molecule has 1 aromatic heterocycles.